The number of rotatable bonds is 3. The summed E-state index contributed by atoms with van der Waals surface area (Å²) in [4.78, 5) is 23.3. The number of aromatic nitrogens is 1. The van der Waals surface area contributed by atoms with Gasteiger partial charge in [-0.3, -0.25) is 9.78 Å². The number of oxime groups is 1. The van der Waals surface area contributed by atoms with E-state index in [1.54, 1.807) is 11.0 Å². The topological polar surface area (TPSA) is 90.6 Å². The van der Waals surface area contributed by atoms with E-state index in [-0.39, 0.29) is 40.2 Å². The van der Waals surface area contributed by atoms with Crippen LogP contribution in [-0.4, -0.2) is 33.3 Å². The molecule has 2 aliphatic heterocycles. The highest BCUT2D eigenvalue weighted by Gasteiger charge is 2.63. The Bertz CT molecular complexity index is 1250. The van der Waals surface area contributed by atoms with Crippen LogP contribution in [0.5, 0.6) is 0 Å². The maximum atomic E-state index is 14.2. The molecule has 0 bridgehead atoms. The van der Waals surface area contributed by atoms with E-state index in [0.29, 0.717) is 12.8 Å². The van der Waals surface area contributed by atoms with Gasteiger partial charge in [0.2, 0.25) is 0 Å². The van der Waals surface area contributed by atoms with Gasteiger partial charge in [0.1, 0.15) is 17.1 Å². The molecule has 1 N–H and O–H groups in total. The fraction of sp³-hybridized carbons (Fsp3) is 0.364. The molecule has 3 aliphatic rings. The van der Waals surface area contributed by atoms with Crippen LogP contribution in [0.25, 0.3) is 0 Å². The predicted octanol–water partition coefficient (Wildman–Crippen LogP) is 4.68. The van der Waals surface area contributed by atoms with Crippen molar-refractivity contribution in [3.05, 3.63) is 62.9 Å². The number of hydrogen-bond donors (Lipinski definition) is 1. The summed E-state index contributed by atoms with van der Waals surface area (Å²) < 4.78 is 42.7. The highest BCUT2D eigenvalue weighted by molar-refractivity contribution is 6.34. The fourth-order valence-corrected chi connectivity index (χ4v) is 4.63. The summed E-state index contributed by atoms with van der Waals surface area (Å²) in [5.74, 6) is -0.354. The van der Waals surface area contributed by atoms with E-state index in [1.807, 2.05) is 0 Å². The summed E-state index contributed by atoms with van der Waals surface area (Å²) in [5.41, 5.74) is -2.14. The minimum absolute atomic E-state index is 0.0537. The first-order valence-corrected chi connectivity index (χ1v) is 11.0. The minimum Gasteiger partial charge on any atom is -0.372 e. The molecule has 0 radical (unpaired) electrons. The fourth-order valence-electron chi connectivity index (χ4n) is 4.10. The third-order valence-corrected chi connectivity index (χ3v) is 6.66. The average molecular weight is 510 g/mol. The summed E-state index contributed by atoms with van der Waals surface area (Å²) >= 11 is 11.9. The van der Waals surface area contributed by atoms with Gasteiger partial charge in [-0.2, -0.15) is 18.4 Å². The standard InChI is InChI=1S/C22H16Cl2F3N5O2/c23-15-4-14(5-16(24)6-15)21(22(25,26)27)7-18(31-34-21)32-9-12-3-17(29-8-13(12)10-32)19(33)30-20(11-28)1-2-20/h3-6,8H,1-2,7,9-10H2,(H,30,33). The van der Waals surface area contributed by atoms with E-state index >= 15 is 0 Å². The van der Waals surface area contributed by atoms with Crippen molar-refractivity contribution in [2.24, 2.45) is 5.16 Å². The van der Waals surface area contributed by atoms with E-state index in [9.17, 15) is 18.0 Å². The number of nitrogens with zero attached hydrogens (tertiary/aromatic N) is 4. The number of alkyl halides is 3. The molecule has 1 saturated carbocycles. The van der Waals surface area contributed by atoms with Crippen LogP contribution >= 0.6 is 23.2 Å². The van der Waals surface area contributed by atoms with Crippen molar-refractivity contribution in [2.75, 3.05) is 0 Å². The second kappa shape index (κ2) is 7.75. The lowest BCUT2D eigenvalue weighted by Crippen LogP contribution is -2.43. The molecule has 1 aromatic carbocycles. The number of amidine groups is 1. The minimum atomic E-state index is -4.79. The van der Waals surface area contributed by atoms with Crippen LogP contribution in [0.4, 0.5) is 13.2 Å². The van der Waals surface area contributed by atoms with Crippen LogP contribution in [0.3, 0.4) is 0 Å². The monoisotopic (exact) mass is 509 g/mol. The molecule has 176 valence electrons. The molecule has 7 nitrogen and oxygen atoms in total. The lowest BCUT2D eigenvalue weighted by atomic mass is 9.89. The summed E-state index contributed by atoms with van der Waals surface area (Å²) in [5, 5.41) is 15.7. The highest BCUT2D eigenvalue weighted by Crippen LogP contribution is 2.49. The molecule has 3 heterocycles. The summed E-state index contributed by atoms with van der Waals surface area (Å²) in [6, 6.07) is 7.34. The Morgan fingerprint density at radius 3 is 2.44 bits per heavy atom. The molecule has 12 heteroatoms. The van der Waals surface area contributed by atoms with Gasteiger partial charge in [-0.15, -0.1) is 0 Å². The third-order valence-electron chi connectivity index (χ3n) is 6.22. The number of carbonyl (C=O) groups is 1. The number of hydrogen-bond acceptors (Lipinski definition) is 6. The number of fused-ring (bicyclic) bond motifs is 1. The second-order valence-electron chi connectivity index (χ2n) is 8.60. The normalized spacial score (nSPS) is 22.5. The van der Waals surface area contributed by atoms with Crippen molar-refractivity contribution in [2.45, 2.75) is 49.7 Å². The first-order valence-electron chi connectivity index (χ1n) is 10.3. The maximum Gasteiger partial charge on any atom is 0.435 e. The lowest BCUT2D eigenvalue weighted by molar-refractivity contribution is -0.275. The Balaban J connectivity index is 1.35. The zero-order chi connectivity index (χ0) is 24.3. The first-order chi connectivity index (χ1) is 16.0. The van der Waals surface area contributed by atoms with E-state index < -0.39 is 29.6 Å². The molecule has 0 spiro atoms. The van der Waals surface area contributed by atoms with Crippen LogP contribution in [0.15, 0.2) is 35.6 Å². The summed E-state index contributed by atoms with van der Waals surface area (Å²) in [6.45, 7) is 0.493. The lowest BCUT2D eigenvalue weighted by Gasteiger charge is -2.30. The Morgan fingerprint density at radius 1 is 1.15 bits per heavy atom. The molecule has 1 amide bonds. The Hall–Kier alpha value is -3.03. The highest BCUT2D eigenvalue weighted by atomic mass is 35.5. The van der Waals surface area contributed by atoms with Crippen LogP contribution in [0, 0.1) is 11.3 Å². The van der Waals surface area contributed by atoms with Crippen molar-refractivity contribution in [1.82, 2.24) is 15.2 Å². The number of amides is 1. The molecule has 1 aliphatic carbocycles. The molecule has 0 saturated heterocycles. The average Bonchev–Trinajstić information content (AvgIpc) is 3.20. The van der Waals surface area contributed by atoms with Crippen molar-refractivity contribution < 1.29 is 22.8 Å². The quantitative estimate of drug-likeness (QED) is 0.648. The molecule has 2 aromatic rings. The van der Waals surface area contributed by atoms with Gasteiger partial charge in [0.05, 0.1) is 12.5 Å². The zero-order valence-corrected chi connectivity index (χ0v) is 18.9. The number of carbonyl (C=O) groups excluding carboxylic acids is 1. The maximum absolute atomic E-state index is 14.2. The van der Waals surface area contributed by atoms with Gasteiger partial charge in [-0.05, 0) is 48.2 Å². The van der Waals surface area contributed by atoms with E-state index in [4.69, 9.17) is 33.3 Å². The van der Waals surface area contributed by atoms with E-state index in [0.717, 1.165) is 11.1 Å². The second-order valence-corrected chi connectivity index (χ2v) is 9.47. The van der Waals surface area contributed by atoms with E-state index in [2.05, 4.69) is 21.5 Å². The summed E-state index contributed by atoms with van der Waals surface area (Å²) in [7, 11) is 0. The van der Waals surface area contributed by atoms with Gasteiger partial charge in [0, 0.05) is 34.9 Å². The van der Waals surface area contributed by atoms with E-state index in [1.165, 1.54) is 24.4 Å². The predicted molar refractivity (Wildman–Crippen MR) is 116 cm³/mol. The zero-order valence-electron chi connectivity index (χ0n) is 17.4. The Kier molecular flexibility index (Phi) is 5.18. The number of pyridine rings is 1. The van der Waals surface area contributed by atoms with Crippen molar-refractivity contribution >= 4 is 34.9 Å². The number of halogens is 5. The molecule has 1 fully saturated rings. The van der Waals surface area contributed by atoms with Gasteiger partial charge in [0.25, 0.3) is 11.5 Å². The third kappa shape index (κ3) is 3.83. The van der Waals surface area contributed by atoms with Crippen LogP contribution < -0.4 is 5.32 Å². The Morgan fingerprint density at radius 2 is 1.82 bits per heavy atom. The van der Waals surface area contributed by atoms with Crippen LogP contribution in [0.2, 0.25) is 10.0 Å². The van der Waals surface area contributed by atoms with Gasteiger partial charge in [-0.1, -0.05) is 28.4 Å². The SMILES string of the molecule is N#CC1(NC(=O)c2cc3c(cn2)CN(C2=NOC(c4cc(Cl)cc(Cl)c4)(C(F)(F)F)C2)C3)CC1. The van der Waals surface area contributed by atoms with Gasteiger partial charge >= 0.3 is 6.18 Å². The molecular weight excluding hydrogens is 494 g/mol. The number of nitrogens with one attached hydrogen (secondary N) is 1. The first kappa shape index (κ1) is 22.7. The van der Waals surface area contributed by atoms with Crippen molar-refractivity contribution in [3.63, 3.8) is 0 Å². The largest absolute Gasteiger partial charge is 0.435 e. The molecular formula is C22H16Cl2F3N5O2. The molecule has 1 aromatic heterocycles. The Labute approximate surface area is 202 Å². The van der Waals surface area contributed by atoms with Gasteiger partial charge in [0.15, 0.2) is 0 Å². The number of nitriles is 1. The smallest absolute Gasteiger partial charge is 0.372 e. The van der Waals surface area contributed by atoms with Crippen LogP contribution in [0.1, 0.15) is 46.4 Å². The van der Waals surface area contributed by atoms with Gasteiger partial charge in [-0.25, -0.2) is 0 Å². The van der Waals surface area contributed by atoms with Crippen molar-refractivity contribution in [3.8, 4) is 6.07 Å². The van der Waals surface area contributed by atoms with Crippen molar-refractivity contribution in [1.29, 1.82) is 5.26 Å². The van der Waals surface area contributed by atoms with Gasteiger partial charge < -0.3 is 15.1 Å². The summed E-state index contributed by atoms with van der Waals surface area (Å²) in [6.07, 6.45) is -2.66. The molecule has 1 unspecified atom stereocenters. The molecule has 5 rings (SSSR count). The molecule has 1 atom stereocenters. The molecule has 34 heavy (non-hydrogen) atoms. The number of benzene rings is 1. The van der Waals surface area contributed by atoms with Crippen LogP contribution in [-0.2, 0) is 23.5 Å².